The fourth-order valence-electron chi connectivity index (χ4n) is 1.94. The van der Waals surface area contributed by atoms with Gasteiger partial charge in [-0.05, 0) is 46.9 Å². The standard InChI is InChI=1S/C17H15IO5/c1-21-16(19)11-7-8-12(14(18)9-11)10-23-15-6-4-3-5-13(15)17(20)22-2/h3-9H,10H2,1-2H3. The van der Waals surface area contributed by atoms with Crippen LogP contribution in [0.15, 0.2) is 42.5 Å². The Bertz CT molecular complexity index is 727. The number of benzene rings is 2. The highest BCUT2D eigenvalue weighted by atomic mass is 127. The van der Waals surface area contributed by atoms with Gasteiger partial charge in [-0.2, -0.15) is 0 Å². The lowest BCUT2D eigenvalue weighted by Gasteiger charge is -2.11. The molecule has 2 aromatic rings. The number of hydrogen-bond donors (Lipinski definition) is 0. The van der Waals surface area contributed by atoms with Crippen LogP contribution in [-0.2, 0) is 16.1 Å². The van der Waals surface area contributed by atoms with Crippen molar-refractivity contribution in [1.29, 1.82) is 0 Å². The van der Waals surface area contributed by atoms with Crippen LogP contribution in [0.4, 0.5) is 0 Å². The maximum absolute atomic E-state index is 11.7. The Labute approximate surface area is 147 Å². The summed E-state index contributed by atoms with van der Waals surface area (Å²) in [6.07, 6.45) is 0. The number of para-hydroxylation sites is 1. The Kier molecular flexibility index (Phi) is 5.97. The number of ether oxygens (including phenoxy) is 3. The molecule has 0 fully saturated rings. The van der Waals surface area contributed by atoms with E-state index in [1.807, 2.05) is 0 Å². The summed E-state index contributed by atoms with van der Waals surface area (Å²) >= 11 is 2.13. The molecular weight excluding hydrogens is 411 g/mol. The van der Waals surface area contributed by atoms with E-state index in [9.17, 15) is 9.59 Å². The van der Waals surface area contributed by atoms with Gasteiger partial charge in [0.25, 0.3) is 0 Å². The van der Waals surface area contributed by atoms with Crippen molar-refractivity contribution in [2.45, 2.75) is 6.61 Å². The zero-order valence-corrected chi connectivity index (χ0v) is 14.8. The minimum Gasteiger partial charge on any atom is -0.488 e. The molecule has 0 atom stereocenters. The molecule has 5 nitrogen and oxygen atoms in total. The summed E-state index contributed by atoms with van der Waals surface area (Å²) in [5.41, 5.74) is 1.75. The number of carbonyl (C=O) groups is 2. The third-order valence-electron chi connectivity index (χ3n) is 3.15. The SMILES string of the molecule is COC(=O)c1ccc(COc2ccccc2C(=O)OC)c(I)c1. The third-order valence-corrected chi connectivity index (χ3v) is 4.15. The molecule has 0 amide bonds. The van der Waals surface area contributed by atoms with Gasteiger partial charge in [-0.15, -0.1) is 0 Å². The highest BCUT2D eigenvalue weighted by Crippen LogP contribution is 2.22. The third kappa shape index (κ3) is 4.22. The lowest BCUT2D eigenvalue weighted by Crippen LogP contribution is -2.07. The molecular formula is C17H15IO5. The number of halogens is 1. The van der Waals surface area contributed by atoms with E-state index in [2.05, 4.69) is 27.3 Å². The molecule has 0 saturated heterocycles. The van der Waals surface area contributed by atoms with Crippen molar-refractivity contribution in [3.05, 3.63) is 62.7 Å². The first kappa shape index (κ1) is 17.3. The quantitative estimate of drug-likeness (QED) is 0.542. The van der Waals surface area contributed by atoms with Gasteiger partial charge < -0.3 is 14.2 Å². The largest absolute Gasteiger partial charge is 0.488 e. The van der Waals surface area contributed by atoms with Crippen molar-refractivity contribution in [2.24, 2.45) is 0 Å². The fraction of sp³-hybridized carbons (Fsp3) is 0.176. The van der Waals surface area contributed by atoms with Gasteiger partial charge >= 0.3 is 11.9 Å². The van der Waals surface area contributed by atoms with Gasteiger partial charge in [-0.25, -0.2) is 9.59 Å². The van der Waals surface area contributed by atoms with Crippen molar-refractivity contribution >= 4 is 34.5 Å². The van der Waals surface area contributed by atoms with Crippen LogP contribution >= 0.6 is 22.6 Å². The highest BCUT2D eigenvalue weighted by molar-refractivity contribution is 14.1. The Morgan fingerprint density at radius 1 is 1.00 bits per heavy atom. The average molecular weight is 426 g/mol. The molecule has 0 unspecified atom stereocenters. The predicted octanol–water partition coefficient (Wildman–Crippen LogP) is 3.44. The highest BCUT2D eigenvalue weighted by Gasteiger charge is 2.13. The summed E-state index contributed by atoms with van der Waals surface area (Å²) in [5.74, 6) is -0.380. The molecule has 0 heterocycles. The summed E-state index contributed by atoms with van der Waals surface area (Å²) in [5, 5.41) is 0. The van der Waals surface area contributed by atoms with Crippen LogP contribution in [-0.4, -0.2) is 26.2 Å². The molecule has 2 aromatic carbocycles. The summed E-state index contributed by atoms with van der Waals surface area (Å²) in [6, 6.07) is 12.1. The zero-order valence-electron chi connectivity index (χ0n) is 12.7. The van der Waals surface area contributed by atoms with Gasteiger partial charge in [0.1, 0.15) is 17.9 Å². The number of hydrogen-bond acceptors (Lipinski definition) is 5. The van der Waals surface area contributed by atoms with Crippen LogP contribution in [0.3, 0.4) is 0 Å². The zero-order chi connectivity index (χ0) is 16.8. The lowest BCUT2D eigenvalue weighted by atomic mass is 10.1. The number of methoxy groups -OCH3 is 2. The number of carbonyl (C=O) groups excluding carboxylic acids is 2. The molecule has 0 aliphatic rings. The van der Waals surface area contributed by atoms with Crippen LogP contribution in [0.1, 0.15) is 26.3 Å². The Hall–Kier alpha value is -2.09. The molecule has 2 rings (SSSR count). The van der Waals surface area contributed by atoms with Gasteiger partial charge in [0.2, 0.25) is 0 Å². The van der Waals surface area contributed by atoms with Crippen LogP contribution in [0, 0.1) is 3.57 Å². The number of rotatable bonds is 5. The molecule has 0 aliphatic heterocycles. The van der Waals surface area contributed by atoms with E-state index in [4.69, 9.17) is 9.47 Å². The van der Waals surface area contributed by atoms with Crippen LogP contribution in [0.25, 0.3) is 0 Å². The van der Waals surface area contributed by atoms with E-state index in [0.29, 0.717) is 16.9 Å². The molecule has 0 N–H and O–H groups in total. The molecule has 0 bridgehead atoms. The van der Waals surface area contributed by atoms with E-state index in [0.717, 1.165) is 9.13 Å². The molecule has 0 radical (unpaired) electrons. The first-order valence-electron chi connectivity index (χ1n) is 6.73. The summed E-state index contributed by atoms with van der Waals surface area (Å²) in [6.45, 7) is 0.272. The van der Waals surface area contributed by atoms with E-state index < -0.39 is 5.97 Å². The first-order valence-corrected chi connectivity index (χ1v) is 7.81. The molecule has 6 heteroatoms. The maximum atomic E-state index is 11.7. The van der Waals surface area contributed by atoms with Crippen LogP contribution < -0.4 is 4.74 Å². The monoisotopic (exact) mass is 426 g/mol. The normalized spacial score (nSPS) is 10.0. The minimum atomic E-state index is -0.448. The predicted molar refractivity (Wildman–Crippen MR) is 92.6 cm³/mol. The van der Waals surface area contributed by atoms with Gasteiger partial charge in [0, 0.05) is 9.13 Å². The summed E-state index contributed by atoms with van der Waals surface area (Å²) < 4.78 is 16.0. The van der Waals surface area contributed by atoms with Crippen LogP contribution in [0.2, 0.25) is 0 Å². The molecule has 120 valence electrons. The fourth-order valence-corrected chi connectivity index (χ4v) is 2.61. The smallest absolute Gasteiger partial charge is 0.341 e. The van der Waals surface area contributed by atoms with Crippen molar-refractivity contribution in [3.8, 4) is 5.75 Å². The molecule has 0 aromatic heterocycles. The van der Waals surface area contributed by atoms with Gasteiger partial charge in [-0.3, -0.25) is 0 Å². The Morgan fingerprint density at radius 3 is 2.35 bits per heavy atom. The van der Waals surface area contributed by atoms with Crippen molar-refractivity contribution in [2.75, 3.05) is 14.2 Å². The van der Waals surface area contributed by atoms with E-state index in [1.165, 1.54) is 14.2 Å². The molecule has 0 spiro atoms. The molecule has 0 aliphatic carbocycles. The Morgan fingerprint density at radius 2 is 1.70 bits per heavy atom. The van der Waals surface area contributed by atoms with Crippen molar-refractivity contribution < 1.29 is 23.8 Å². The second-order valence-corrected chi connectivity index (χ2v) is 5.74. The van der Waals surface area contributed by atoms with Gasteiger partial charge in [0.15, 0.2) is 0 Å². The van der Waals surface area contributed by atoms with E-state index in [1.54, 1.807) is 42.5 Å². The first-order chi connectivity index (χ1) is 11.1. The second-order valence-electron chi connectivity index (χ2n) is 4.57. The van der Waals surface area contributed by atoms with Gasteiger partial charge in [-0.1, -0.05) is 18.2 Å². The summed E-state index contributed by atoms with van der Waals surface area (Å²) in [7, 11) is 2.67. The molecule has 0 saturated carbocycles. The van der Waals surface area contributed by atoms with E-state index >= 15 is 0 Å². The average Bonchev–Trinajstić information content (AvgIpc) is 2.59. The topological polar surface area (TPSA) is 61.8 Å². The van der Waals surface area contributed by atoms with Gasteiger partial charge in [0.05, 0.1) is 19.8 Å². The number of esters is 2. The molecule has 23 heavy (non-hydrogen) atoms. The van der Waals surface area contributed by atoms with E-state index in [-0.39, 0.29) is 12.6 Å². The summed E-state index contributed by atoms with van der Waals surface area (Å²) in [4.78, 5) is 23.2. The lowest BCUT2D eigenvalue weighted by molar-refractivity contribution is 0.0588. The van der Waals surface area contributed by atoms with Crippen LogP contribution in [0.5, 0.6) is 5.75 Å². The van der Waals surface area contributed by atoms with Crippen molar-refractivity contribution in [1.82, 2.24) is 0 Å². The minimum absolute atomic E-state index is 0.272. The van der Waals surface area contributed by atoms with Crippen molar-refractivity contribution in [3.63, 3.8) is 0 Å². The second kappa shape index (κ2) is 7.96. The maximum Gasteiger partial charge on any atom is 0.341 e. The Balaban J connectivity index is 2.16.